The summed E-state index contributed by atoms with van der Waals surface area (Å²) in [4.78, 5) is 22.8. The van der Waals surface area contributed by atoms with E-state index in [2.05, 4.69) is 0 Å². The molecule has 0 aliphatic rings. The highest BCUT2D eigenvalue weighted by Crippen LogP contribution is 2.31. The Morgan fingerprint density at radius 2 is 1.65 bits per heavy atom. The molecule has 1 rings (SSSR count). The van der Waals surface area contributed by atoms with E-state index in [0.717, 1.165) is 5.56 Å². The summed E-state index contributed by atoms with van der Waals surface area (Å²) in [5.74, 6) is -2.62. The maximum atomic E-state index is 11.4. The standard InChI is InChI=1S/C13H16O4/c1-3-9-7-5-6-8-10(9)13(4-2,11(14)15)12(16)17/h5-8H,3-4H2,1-2H3,(H,14,15)(H,16,17). The normalized spacial score (nSPS) is 11.2. The second-order valence-corrected chi connectivity index (χ2v) is 3.88. The first kappa shape index (κ1) is 13.2. The summed E-state index contributed by atoms with van der Waals surface area (Å²) in [6, 6.07) is 6.81. The molecule has 0 heterocycles. The lowest BCUT2D eigenvalue weighted by atomic mass is 9.75. The lowest BCUT2D eigenvalue weighted by Gasteiger charge is -2.26. The molecule has 1 aromatic rings. The number of carboxylic acid groups (broad SMARTS) is 2. The molecular formula is C13H16O4. The summed E-state index contributed by atoms with van der Waals surface area (Å²) in [6.45, 7) is 3.46. The molecule has 0 bridgehead atoms. The van der Waals surface area contributed by atoms with Gasteiger partial charge in [0.1, 0.15) is 0 Å². The van der Waals surface area contributed by atoms with Crippen molar-refractivity contribution in [2.24, 2.45) is 0 Å². The van der Waals surface area contributed by atoms with Crippen LogP contribution in [-0.4, -0.2) is 22.2 Å². The molecule has 0 aliphatic carbocycles. The van der Waals surface area contributed by atoms with E-state index in [0.29, 0.717) is 12.0 Å². The van der Waals surface area contributed by atoms with Crippen LogP contribution in [-0.2, 0) is 21.4 Å². The van der Waals surface area contributed by atoms with E-state index in [-0.39, 0.29) is 6.42 Å². The van der Waals surface area contributed by atoms with E-state index in [1.807, 2.05) is 6.92 Å². The van der Waals surface area contributed by atoms with Gasteiger partial charge in [0.05, 0.1) is 0 Å². The molecule has 0 saturated carbocycles. The lowest BCUT2D eigenvalue weighted by molar-refractivity contribution is -0.157. The van der Waals surface area contributed by atoms with Crippen LogP contribution >= 0.6 is 0 Å². The predicted octanol–water partition coefficient (Wildman–Crippen LogP) is 2.07. The molecule has 0 atom stereocenters. The molecule has 0 aliphatic heterocycles. The molecule has 0 spiro atoms. The number of benzene rings is 1. The Bertz CT molecular complexity index is 423. The Kier molecular flexibility index (Phi) is 3.89. The van der Waals surface area contributed by atoms with Gasteiger partial charge in [0, 0.05) is 0 Å². The fourth-order valence-corrected chi connectivity index (χ4v) is 2.06. The number of carboxylic acids is 2. The van der Waals surface area contributed by atoms with Crippen LogP contribution in [0.3, 0.4) is 0 Å². The van der Waals surface area contributed by atoms with Gasteiger partial charge in [-0.2, -0.15) is 0 Å². The average Bonchev–Trinajstić information content (AvgIpc) is 2.30. The van der Waals surface area contributed by atoms with E-state index in [1.165, 1.54) is 0 Å². The largest absolute Gasteiger partial charge is 0.480 e. The number of hydrogen-bond acceptors (Lipinski definition) is 2. The van der Waals surface area contributed by atoms with Crippen LogP contribution in [0.4, 0.5) is 0 Å². The van der Waals surface area contributed by atoms with Gasteiger partial charge in [-0.15, -0.1) is 0 Å². The Morgan fingerprint density at radius 1 is 1.12 bits per heavy atom. The Morgan fingerprint density at radius 3 is 2.06 bits per heavy atom. The Hall–Kier alpha value is -1.84. The zero-order valence-electron chi connectivity index (χ0n) is 9.93. The Balaban J connectivity index is 3.52. The first-order valence-electron chi connectivity index (χ1n) is 5.55. The molecule has 17 heavy (non-hydrogen) atoms. The number of hydrogen-bond donors (Lipinski definition) is 2. The van der Waals surface area contributed by atoms with E-state index in [1.54, 1.807) is 31.2 Å². The topological polar surface area (TPSA) is 74.6 Å². The summed E-state index contributed by atoms with van der Waals surface area (Å²) in [5.41, 5.74) is -0.698. The zero-order valence-corrected chi connectivity index (χ0v) is 9.93. The Labute approximate surface area is 99.9 Å². The van der Waals surface area contributed by atoms with Crippen molar-refractivity contribution < 1.29 is 19.8 Å². The van der Waals surface area contributed by atoms with Crippen LogP contribution < -0.4 is 0 Å². The van der Waals surface area contributed by atoms with Crippen molar-refractivity contribution in [3.8, 4) is 0 Å². The highest BCUT2D eigenvalue weighted by molar-refractivity contribution is 6.05. The molecule has 0 amide bonds. The van der Waals surface area contributed by atoms with Crippen molar-refractivity contribution in [1.29, 1.82) is 0 Å². The molecule has 4 nitrogen and oxygen atoms in total. The molecular weight excluding hydrogens is 220 g/mol. The maximum Gasteiger partial charge on any atom is 0.325 e. The van der Waals surface area contributed by atoms with Crippen LogP contribution in [0.5, 0.6) is 0 Å². The first-order valence-corrected chi connectivity index (χ1v) is 5.55. The second kappa shape index (κ2) is 4.99. The molecule has 0 fully saturated rings. The molecule has 2 N–H and O–H groups in total. The third-order valence-electron chi connectivity index (χ3n) is 3.12. The molecule has 1 aromatic carbocycles. The molecule has 0 saturated heterocycles. The van der Waals surface area contributed by atoms with Crippen LogP contribution in [0.1, 0.15) is 31.4 Å². The smallest absolute Gasteiger partial charge is 0.325 e. The molecule has 0 aromatic heterocycles. The van der Waals surface area contributed by atoms with Crippen molar-refractivity contribution in [2.45, 2.75) is 32.1 Å². The molecule has 4 heteroatoms. The van der Waals surface area contributed by atoms with Crippen LogP contribution in [0, 0.1) is 0 Å². The van der Waals surface area contributed by atoms with Crippen LogP contribution in [0.15, 0.2) is 24.3 Å². The number of carbonyl (C=O) groups is 2. The van der Waals surface area contributed by atoms with E-state index >= 15 is 0 Å². The third kappa shape index (κ3) is 2.02. The van der Waals surface area contributed by atoms with Crippen LogP contribution in [0.25, 0.3) is 0 Å². The van der Waals surface area contributed by atoms with E-state index < -0.39 is 17.4 Å². The fraction of sp³-hybridized carbons (Fsp3) is 0.385. The molecule has 92 valence electrons. The van der Waals surface area contributed by atoms with Crippen LogP contribution in [0.2, 0.25) is 0 Å². The summed E-state index contributed by atoms with van der Waals surface area (Å²) in [5, 5.41) is 18.6. The van der Waals surface area contributed by atoms with Gasteiger partial charge in [-0.3, -0.25) is 9.59 Å². The monoisotopic (exact) mass is 236 g/mol. The van der Waals surface area contributed by atoms with Gasteiger partial charge in [-0.1, -0.05) is 38.1 Å². The van der Waals surface area contributed by atoms with Gasteiger partial charge < -0.3 is 10.2 Å². The quantitative estimate of drug-likeness (QED) is 0.767. The number of aliphatic carboxylic acids is 2. The molecule has 0 radical (unpaired) electrons. The summed E-state index contributed by atoms with van der Waals surface area (Å²) in [6.07, 6.45) is 0.632. The van der Waals surface area contributed by atoms with E-state index in [4.69, 9.17) is 0 Å². The van der Waals surface area contributed by atoms with Crippen molar-refractivity contribution in [1.82, 2.24) is 0 Å². The highest BCUT2D eigenvalue weighted by Gasteiger charge is 2.47. The van der Waals surface area contributed by atoms with Crippen molar-refractivity contribution >= 4 is 11.9 Å². The summed E-state index contributed by atoms with van der Waals surface area (Å²) < 4.78 is 0. The average molecular weight is 236 g/mol. The van der Waals surface area contributed by atoms with Gasteiger partial charge in [0.15, 0.2) is 5.41 Å². The van der Waals surface area contributed by atoms with E-state index in [9.17, 15) is 19.8 Å². The van der Waals surface area contributed by atoms with Gasteiger partial charge in [0.2, 0.25) is 0 Å². The van der Waals surface area contributed by atoms with Crippen molar-refractivity contribution in [2.75, 3.05) is 0 Å². The summed E-state index contributed by atoms with van der Waals surface area (Å²) in [7, 11) is 0. The maximum absolute atomic E-state index is 11.4. The predicted molar refractivity (Wildman–Crippen MR) is 63.1 cm³/mol. The van der Waals surface area contributed by atoms with Gasteiger partial charge in [-0.25, -0.2) is 0 Å². The van der Waals surface area contributed by atoms with Gasteiger partial charge >= 0.3 is 11.9 Å². The zero-order chi connectivity index (χ0) is 13.1. The second-order valence-electron chi connectivity index (χ2n) is 3.88. The van der Waals surface area contributed by atoms with Gasteiger partial charge in [0.25, 0.3) is 0 Å². The number of aryl methyl sites for hydroxylation is 1. The summed E-state index contributed by atoms with van der Waals surface area (Å²) >= 11 is 0. The lowest BCUT2D eigenvalue weighted by Crippen LogP contribution is -2.44. The molecule has 0 unspecified atom stereocenters. The minimum Gasteiger partial charge on any atom is -0.480 e. The highest BCUT2D eigenvalue weighted by atomic mass is 16.4. The van der Waals surface area contributed by atoms with Gasteiger partial charge in [-0.05, 0) is 24.0 Å². The minimum atomic E-state index is -1.84. The minimum absolute atomic E-state index is 0.0225. The SMILES string of the molecule is CCc1ccccc1C(CC)(C(=O)O)C(=O)O. The van der Waals surface area contributed by atoms with Crippen molar-refractivity contribution in [3.63, 3.8) is 0 Å². The third-order valence-corrected chi connectivity index (χ3v) is 3.12. The van der Waals surface area contributed by atoms with Crippen molar-refractivity contribution in [3.05, 3.63) is 35.4 Å². The number of rotatable bonds is 5. The first-order chi connectivity index (χ1) is 8.00. The fourth-order valence-electron chi connectivity index (χ4n) is 2.06.